The van der Waals surface area contributed by atoms with Gasteiger partial charge in [-0.15, -0.1) is 11.3 Å². The molecule has 1 aromatic heterocycles. The summed E-state index contributed by atoms with van der Waals surface area (Å²) in [5.74, 6) is 0.902. The van der Waals surface area contributed by atoms with Crippen LogP contribution in [0.3, 0.4) is 0 Å². The molecule has 0 saturated carbocycles. The lowest BCUT2D eigenvalue weighted by molar-refractivity contribution is 0.415. The fraction of sp³-hybridized carbons (Fsp3) is 0.438. The van der Waals surface area contributed by atoms with Crippen LogP contribution in [0.4, 0.5) is 0 Å². The second kappa shape index (κ2) is 4.86. The number of hydrogen-bond donors (Lipinski definition) is 1. The van der Waals surface area contributed by atoms with Crippen LogP contribution < -0.4 is 10.1 Å². The molecule has 3 rings (SSSR count). The molecule has 1 heterocycles. The van der Waals surface area contributed by atoms with E-state index in [0.717, 1.165) is 24.4 Å². The number of methoxy groups -OCH3 is 1. The molecule has 20 heavy (non-hydrogen) atoms. The van der Waals surface area contributed by atoms with Crippen molar-refractivity contribution in [3.05, 3.63) is 33.6 Å². The Hall–Kier alpha value is -1.39. The van der Waals surface area contributed by atoms with E-state index in [1.165, 1.54) is 21.0 Å². The van der Waals surface area contributed by atoms with E-state index in [9.17, 15) is 0 Å². The molecule has 0 aliphatic heterocycles. The van der Waals surface area contributed by atoms with Gasteiger partial charge in [0.25, 0.3) is 0 Å². The molecule has 4 heteroatoms. The zero-order valence-corrected chi connectivity index (χ0v) is 13.2. The number of hydrogen-bond acceptors (Lipinski definition) is 4. The highest BCUT2D eigenvalue weighted by atomic mass is 32.1. The van der Waals surface area contributed by atoms with Crippen molar-refractivity contribution >= 4 is 11.3 Å². The van der Waals surface area contributed by atoms with Crippen molar-refractivity contribution in [2.75, 3.05) is 7.11 Å². The molecule has 0 bridgehead atoms. The number of ether oxygens (including phenoxy) is 1. The van der Waals surface area contributed by atoms with E-state index in [-0.39, 0.29) is 5.54 Å². The normalized spacial score (nSPS) is 13.2. The van der Waals surface area contributed by atoms with E-state index in [1.54, 1.807) is 7.11 Å². The van der Waals surface area contributed by atoms with Crippen molar-refractivity contribution in [1.82, 2.24) is 10.3 Å². The quantitative estimate of drug-likeness (QED) is 0.799. The van der Waals surface area contributed by atoms with Gasteiger partial charge in [-0.2, -0.15) is 0 Å². The zero-order valence-electron chi connectivity index (χ0n) is 12.4. The number of thiazole rings is 1. The monoisotopic (exact) mass is 288 g/mol. The first-order valence-electron chi connectivity index (χ1n) is 6.87. The van der Waals surface area contributed by atoms with Crippen LogP contribution in [-0.2, 0) is 13.0 Å². The Morgan fingerprint density at radius 2 is 2.15 bits per heavy atom. The van der Waals surface area contributed by atoms with Gasteiger partial charge in [-0.25, -0.2) is 4.98 Å². The molecule has 1 aromatic carbocycles. The van der Waals surface area contributed by atoms with Gasteiger partial charge in [0.05, 0.1) is 12.8 Å². The number of rotatable bonds is 3. The summed E-state index contributed by atoms with van der Waals surface area (Å²) in [6.45, 7) is 7.36. The van der Waals surface area contributed by atoms with Gasteiger partial charge in [-0.1, -0.05) is 6.07 Å². The fourth-order valence-corrected chi connectivity index (χ4v) is 3.42. The first kappa shape index (κ1) is 13.6. The molecule has 1 N–H and O–H groups in total. The van der Waals surface area contributed by atoms with Gasteiger partial charge in [0.2, 0.25) is 0 Å². The summed E-state index contributed by atoms with van der Waals surface area (Å²) in [5, 5.41) is 4.66. The van der Waals surface area contributed by atoms with Crippen LogP contribution in [0.2, 0.25) is 0 Å². The second-order valence-electron chi connectivity index (χ2n) is 6.18. The highest BCUT2D eigenvalue weighted by molar-refractivity contribution is 7.12. The lowest BCUT2D eigenvalue weighted by Gasteiger charge is -2.19. The third kappa shape index (κ3) is 2.58. The smallest absolute Gasteiger partial charge is 0.119 e. The van der Waals surface area contributed by atoms with E-state index < -0.39 is 0 Å². The van der Waals surface area contributed by atoms with Gasteiger partial charge in [-0.3, -0.25) is 0 Å². The number of benzene rings is 1. The molecule has 1 aliphatic carbocycles. The molecule has 0 fully saturated rings. The number of aromatic nitrogens is 1. The van der Waals surface area contributed by atoms with Gasteiger partial charge in [0, 0.05) is 28.9 Å². The first-order valence-corrected chi connectivity index (χ1v) is 7.69. The lowest BCUT2D eigenvalue weighted by atomic mass is 10.1. The van der Waals surface area contributed by atoms with E-state index >= 15 is 0 Å². The average molecular weight is 288 g/mol. The van der Waals surface area contributed by atoms with Crippen molar-refractivity contribution in [1.29, 1.82) is 0 Å². The van der Waals surface area contributed by atoms with E-state index in [1.807, 2.05) is 17.4 Å². The number of fused-ring (bicyclic) bond motifs is 3. The average Bonchev–Trinajstić information content (AvgIpc) is 2.92. The van der Waals surface area contributed by atoms with Gasteiger partial charge in [-0.05, 0) is 38.5 Å². The minimum Gasteiger partial charge on any atom is -0.497 e. The SMILES string of the molecule is COc1ccc2c(c1)-c1nc(CNC(C)(C)C)sc1C2. The van der Waals surface area contributed by atoms with Crippen molar-refractivity contribution in [3.8, 4) is 17.0 Å². The predicted octanol–water partition coefficient (Wildman–Crippen LogP) is 3.61. The van der Waals surface area contributed by atoms with Crippen LogP contribution in [0.15, 0.2) is 18.2 Å². The molecule has 0 atom stereocenters. The maximum atomic E-state index is 5.32. The largest absolute Gasteiger partial charge is 0.497 e. The van der Waals surface area contributed by atoms with E-state index in [4.69, 9.17) is 9.72 Å². The lowest BCUT2D eigenvalue weighted by Crippen LogP contribution is -2.35. The molecular formula is C16H20N2OS. The van der Waals surface area contributed by atoms with Crippen molar-refractivity contribution in [3.63, 3.8) is 0 Å². The number of nitrogens with one attached hydrogen (secondary N) is 1. The minimum absolute atomic E-state index is 0.122. The van der Waals surface area contributed by atoms with E-state index in [2.05, 4.69) is 38.2 Å². The molecule has 0 radical (unpaired) electrons. The van der Waals surface area contributed by atoms with Crippen LogP contribution >= 0.6 is 11.3 Å². The van der Waals surface area contributed by atoms with Crippen molar-refractivity contribution < 1.29 is 4.74 Å². The van der Waals surface area contributed by atoms with Crippen molar-refractivity contribution in [2.24, 2.45) is 0 Å². The first-order chi connectivity index (χ1) is 9.46. The Balaban J connectivity index is 1.86. The highest BCUT2D eigenvalue weighted by Crippen LogP contribution is 2.40. The summed E-state index contributed by atoms with van der Waals surface area (Å²) in [4.78, 5) is 6.19. The number of nitrogens with zero attached hydrogens (tertiary/aromatic N) is 1. The van der Waals surface area contributed by atoms with Crippen LogP contribution in [0.25, 0.3) is 11.3 Å². The molecule has 3 nitrogen and oxygen atoms in total. The summed E-state index contributed by atoms with van der Waals surface area (Å²) >= 11 is 1.82. The van der Waals surface area contributed by atoms with Gasteiger partial charge in [0.15, 0.2) is 0 Å². The summed E-state index contributed by atoms with van der Waals surface area (Å²) in [5.41, 5.74) is 3.86. The Morgan fingerprint density at radius 3 is 2.85 bits per heavy atom. The molecule has 1 aliphatic rings. The van der Waals surface area contributed by atoms with Crippen LogP contribution in [0.1, 0.15) is 36.2 Å². The topological polar surface area (TPSA) is 34.1 Å². The molecule has 0 amide bonds. The zero-order chi connectivity index (χ0) is 14.3. The van der Waals surface area contributed by atoms with E-state index in [0.29, 0.717) is 0 Å². The Labute approximate surface area is 124 Å². The maximum Gasteiger partial charge on any atom is 0.119 e. The molecule has 2 aromatic rings. The highest BCUT2D eigenvalue weighted by Gasteiger charge is 2.24. The summed E-state index contributed by atoms with van der Waals surface area (Å²) in [6, 6.07) is 6.27. The fourth-order valence-electron chi connectivity index (χ4n) is 2.38. The molecule has 106 valence electrons. The van der Waals surface area contributed by atoms with Gasteiger partial charge >= 0.3 is 0 Å². The third-order valence-electron chi connectivity index (χ3n) is 3.43. The third-order valence-corrected chi connectivity index (χ3v) is 4.49. The Bertz CT molecular complexity index is 640. The summed E-state index contributed by atoms with van der Waals surface area (Å²) < 4.78 is 5.32. The summed E-state index contributed by atoms with van der Waals surface area (Å²) in [7, 11) is 1.71. The standard InChI is InChI=1S/C16H20N2OS/c1-16(2,3)17-9-14-18-15-12-8-11(19-4)6-5-10(12)7-13(15)20-14/h5-6,8,17H,7,9H2,1-4H3. The van der Waals surface area contributed by atoms with Crippen LogP contribution in [-0.4, -0.2) is 17.6 Å². The van der Waals surface area contributed by atoms with Crippen molar-refractivity contribution in [2.45, 2.75) is 39.3 Å². The van der Waals surface area contributed by atoms with Gasteiger partial charge in [0.1, 0.15) is 10.8 Å². The Morgan fingerprint density at radius 1 is 1.35 bits per heavy atom. The predicted molar refractivity (Wildman–Crippen MR) is 83.5 cm³/mol. The van der Waals surface area contributed by atoms with Crippen LogP contribution in [0, 0.1) is 0 Å². The summed E-state index contributed by atoms with van der Waals surface area (Å²) in [6.07, 6.45) is 1.00. The Kier molecular flexibility index (Phi) is 3.30. The molecule has 0 spiro atoms. The molecule has 0 saturated heterocycles. The van der Waals surface area contributed by atoms with Gasteiger partial charge < -0.3 is 10.1 Å². The van der Waals surface area contributed by atoms with Crippen LogP contribution in [0.5, 0.6) is 5.75 Å². The maximum absolute atomic E-state index is 5.32. The minimum atomic E-state index is 0.122. The molecular weight excluding hydrogens is 268 g/mol. The molecule has 0 unspecified atom stereocenters. The second-order valence-corrected chi connectivity index (χ2v) is 7.35.